The third-order valence-electron chi connectivity index (χ3n) is 5.81. The molecule has 2 N–H and O–H groups in total. The van der Waals surface area contributed by atoms with Crippen LogP contribution in [0.25, 0.3) is 0 Å². The molecule has 1 saturated heterocycles. The lowest BCUT2D eigenvalue weighted by atomic mass is 9.87. The van der Waals surface area contributed by atoms with Gasteiger partial charge in [-0.2, -0.15) is 0 Å². The smallest absolute Gasteiger partial charge is 0.124 e. The van der Waals surface area contributed by atoms with Gasteiger partial charge in [0.1, 0.15) is 5.75 Å². The van der Waals surface area contributed by atoms with Crippen molar-refractivity contribution in [1.29, 1.82) is 0 Å². The quantitative estimate of drug-likeness (QED) is 0.897. The van der Waals surface area contributed by atoms with E-state index in [-0.39, 0.29) is 0 Å². The van der Waals surface area contributed by atoms with Gasteiger partial charge < -0.3 is 15.4 Å². The lowest BCUT2D eigenvalue weighted by Crippen LogP contribution is -2.48. The fourth-order valence-electron chi connectivity index (χ4n) is 4.70. The number of hydrogen-bond donors (Lipinski definition) is 2. The second kappa shape index (κ2) is 6.59. The first-order valence-corrected chi connectivity index (χ1v) is 9.13. The molecule has 3 aliphatic rings. The van der Waals surface area contributed by atoms with Crippen LogP contribution in [0, 0.1) is 5.92 Å². The highest BCUT2D eigenvalue weighted by molar-refractivity contribution is 5.37. The minimum absolute atomic E-state index is 0.471. The van der Waals surface area contributed by atoms with Crippen LogP contribution in [0.15, 0.2) is 24.3 Å². The average molecular weight is 300 g/mol. The zero-order chi connectivity index (χ0) is 14.8. The van der Waals surface area contributed by atoms with Gasteiger partial charge >= 0.3 is 0 Å². The van der Waals surface area contributed by atoms with Gasteiger partial charge in [0.25, 0.3) is 0 Å². The van der Waals surface area contributed by atoms with Crippen LogP contribution in [-0.4, -0.2) is 25.2 Å². The summed E-state index contributed by atoms with van der Waals surface area (Å²) in [5, 5.41) is 7.78. The number of fused-ring (bicyclic) bond motifs is 1. The number of piperidine rings is 1. The second-order valence-electron chi connectivity index (χ2n) is 7.15. The maximum absolute atomic E-state index is 5.81. The van der Waals surface area contributed by atoms with Crippen molar-refractivity contribution in [1.82, 2.24) is 10.6 Å². The van der Waals surface area contributed by atoms with Crippen LogP contribution in [-0.2, 0) is 0 Å². The van der Waals surface area contributed by atoms with Gasteiger partial charge in [0, 0.05) is 30.1 Å². The molecule has 0 spiro atoms. The van der Waals surface area contributed by atoms with Gasteiger partial charge in [-0.15, -0.1) is 0 Å². The summed E-state index contributed by atoms with van der Waals surface area (Å²) >= 11 is 0. The number of ether oxygens (including phenoxy) is 1. The van der Waals surface area contributed by atoms with Crippen LogP contribution >= 0.6 is 0 Å². The summed E-state index contributed by atoms with van der Waals surface area (Å²) in [6.45, 7) is 2.06. The largest absolute Gasteiger partial charge is 0.493 e. The maximum Gasteiger partial charge on any atom is 0.124 e. The van der Waals surface area contributed by atoms with Crippen molar-refractivity contribution in [3.8, 4) is 5.75 Å². The monoisotopic (exact) mass is 300 g/mol. The van der Waals surface area contributed by atoms with Crippen molar-refractivity contribution in [2.45, 2.75) is 63.1 Å². The van der Waals surface area contributed by atoms with E-state index < -0.39 is 0 Å². The van der Waals surface area contributed by atoms with Gasteiger partial charge in [-0.3, -0.25) is 0 Å². The Kier molecular flexibility index (Phi) is 4.35. The standard InChI is InChI=1S/C19H28N2O/c1-2-10-19-15(6-1)18(11-13-22-19)21-17-9-5-7-14(17)16-8-3-4-12-20-16/h1-2,6,10,14,16-18,20-21H,3-5,7-9,11-13H2. The molecule has 2 heterocycles. The summed E-state index contributed by atoms with van der Waals surface area (Å²) in [6, 6.07) is 10.4. The van der Waals surface area contributed by atoms with Gasteiger partial charge in [0.15, 0.2) is 0 Å². The van der Waals surface area contributed by atoms with Crippen molar-refractivity contribution in [2.75, 3.05) is 13.2 Å². The van der Waals surface area contributed by atoms with E-state index in [1.807, 2.05) is 0 Å². The topological polar surface area (TPSA) is 33.3 Å². The summed E-state index contributed by atoms with van der Waals surface area (Å²) in [7, 11) is 0. The summed E-state index contributed by atoms with van der Waals surface area (Å²) in [5.74, 6) is 1.90. The highest BCUT2D eigenvalue weighted by atomic mass is 16.5. The minimum Gasteiger partial charge on any atom is -0.493 e. The summed E-state index contributed by atoms with van der Waals surface area (Å²) in [4.78, 5) is 0. The van der Waals surface area contributed by atoms with E-state index in [9.17, 15) is 0 Å². The van der Waals surface area contributed by atoms with E-state index in [4.69, 9.17) is 4.74 Å². The summed E-state index contributed by atoms with van der Waals surface area (Å²) in [5.41, 5.74) is 1.36. The summed E-state index contributed by atoms with van der Waals surface area (Å²) < 4.78 is 5.81. The third kappa shape index (κ3) is 2.89. The number of hydrogen-bond acceptors (Lipinski definition) is 3. The predicted octanol–water partition coefficient (Wildman–Crippen LogP) is 3.41. The molecule has 1 aromatic carbocycles. The molecule has 2 fully saturated rings. The predicted molar refractivity (Wildman–Crippen MR) is 89.2 cm³/mol. The van der Waals surface area contributed by atoms with Gasteiger partial charge in [0.05, 0.1) is 6.61 Å². The molecule has 1 aromatic rings. The van der Waals surface area contributed by atoms with Crippen LogP contribution in [0.4, 0.5) is 0 Å². The molecule has 0 bridgehead atoms. The Hall–Kier alpha value is -1.06. The lowest BCUT2D eigenvalue weighted by Gasteiger charge is -2.36. The first-order valence-electron chi connectivity index (χ1n) is 9.13. The Balaban J connectivity index is 1.46. The number of rotatable bonds is 3. The van der Waals surface area contributed by atoms with Crippen LogP contribution in [0.3, 0.4) is 0 Å². The molecule has 120 valence electrons. The Morgan fingerprint density at radius 3 is 2.86 bits per heavy atom. The number of para-hydroxylation sites is 1. The average Bonchev–Trinajstić information content (AvgIpc) is 3.04. The van der Waals surface area contributed by atoms with Crippen LogP contribution in [0.2, 0.25) is 0 Å². The molecule has 1 saturated carbocycles. The van der Waals surface area contributed by atoms with Crippen LogP contribution < -0.4 is 15.4 Å². The molecule has 0 radical (unpaired) electrons. The first-order chi connectivity index (χ1) is 10.9. The molecule has 0 aromatic heterocycles. The summed E-state index contributed by atoms with van der Waals surface area (Å²) in [6.07, 6.45) is 9.33. The zero-order valence-corrected chi connectivity index (χ0v) is 13.4. The van der Waals surface area contributed by atoms with E-state index >= 15 is 0 Å². The Bertz CT molecular complexity index is 498. The van der Waals surface area contributed by atoms with E-state index in [1.165, 1.54) is 50.6 Å². The van der Waals surface area contributed by atoms with Crippen LogP contribution in [0.5, 0.6) is 5.75 Å². The molecular weight excluding hydrogens is 272 g/mol. The fraction of sp³-hybridized carbons (Fsp3) is 0.684. The molecule has 3 nitrogen and oxygen atoms in total. The molecule has 2 aliphatic heterocycles. The minimum atomic E-state index is 0.471. The van der Waals surface area contributed by atoms with Gasteiger partial charge in [0.2, 0.25) is 0 Å². The maximum atomic E-state index is 5.81. The van der Waals surface area contributed by atoms with Crippen molar-refractivity contribution >= 4 is 0 Å². The van der Waals surface area contributed by atoms with E-state index in [0.717, 1.165) is 30.7 Å². The number of benzene rings is 1. The Morgan fingerprint density at radius 1 is 1.00 bits per heavy atom. The van der Waals surface area contributed by atoms with Crippen LogP contribution in [0.1, 0.15) is 56.6 Å². The number of nitrogens with one attached hydrogen (secondary N) is 2. The normalized spacial score (nSPS) is 34.9. The van der Waals surface area contributed by atoms with Crippen molar-refractivity contribution in [3.63, 3.8) is 0 Å². The molecule has 22 heavy (non-hydrogen) atoms. The zero-order valence-electron chi connectivity index (χ0n) is 13.4. The first kappa shape index (κ1) is 14.5. The SMILES string of the molecule is c1ccc2c(c1)OCCC2NC1CCCC1C1CCCCN1. The van der Waals surface area contributed by atoms with Crippen molar-refractivity contribution in [3.05, 3.63) is 29.8 Å². The molecule has 1 aliphatic carbocycles. The molecule has 0 amide bonds. The molecule has 4 atom stereocenters. The fourth-order valence-corrected chi connectivity index (χ4v) is 4.70. The molecule has 4 rings (SSSR count). The van der Waals surface area contributed by atoms with Gasteiger partial charge in [-0.25, -0.2) is 0 Å². The van der Waals surface area contributed by atoms with E-state index in [2.05, 4.69) is 34.9 Å². The highest BCUT2D eigenvalue weighted by Crippen LogP contribution is 2.36. The van der Waals surface area contributed by atoms with Gasteiger partial charge in [-0.05, 0) is 44.2 Å². The molecular formula is C19H28N2O. The lowest BCUT2D eigenvalue weighted by molar-refractivity contribution is 0.211. The Labute approximate surface area is 133 Å². The van der Waals surface area contributed by atoms with Crippen molar-refractivity contribution < 1.29 is 4.74 Å². The second-order valence-corrected chi connectivity index (χ2v) is 7.15. The van der Waals surface area contributed by atoms with Crippen molar-refractivity contribution in [2.24, 2.45) is 5.92 Å². The Morgan fingerprint density at radius 2 is 1.95 bits per heavy atom. The van der Waals surface area contributed by atoms with E-state index in [1.54, 1.807) is 0 Å². The molecule has 4 unspecified atom stereocenters. The molecule has 3 heteroatoms. The van der Waals surface area contributed by atoms with E-state index in [0.29, 0.717) is 12.1 Å². The van der Waals surface area contributed by atoms with Gasteiger partial charge in [-0.1, -0.05) is 31.0 Å². The third-order valence-corrected chi connectivity index (χ3v) is 5.81. The highest BCUT2D eigenvalue weighted by Gasteiger charge is 2.36.